The Morgan fingerprint density at radius 2 is 1.92 bits per heavy atom. The van der Waals surface area contributed by atoms with Crippen molar-refractivity contribution in [1.29, 1.82) is 0 Å². The highest BCUT2D eigenvalue weighted by Crippen LogP contribution is 2.35. The molecule has 26 heavy (non-hydrogen) atoms. The number of hydrogen-bond acceptors (Lipinski definition) is 6. The van der Waals surface area contributed by atoms with Crippen LogP contribution in [0.25, 0.3) is 11.4 Å². The molecule has 3 rings (SSSR count). The van der Waals surface area contributed by atoms with E-state index in [0.29, 0.717) is 5.89 Å². The molecule has 138 valence electrons. The van der Waals surface area contributed by atoms with E-state index in [4.69, 9.17) is 4.52 Å². The van der Waals surface area contributed by atoms with E-state index in [0.717, 1.165) is 28.9 Å². The summed E-state index contributed by atoms with van der Waals surface area (Å²) in [6, 6.07) is 8.23. The molecule has 1 atom stereocenters. The zero-order chi connectivity index (χ0) is 18.9. The Labute approximate surface area is 158 Å². The van der Waals surface area contributed by atoms with Crippen LogP contribution in [0.3, 0.4) is 0 Å². The lowest BCUT2D eigenvalue weighted by atomic mass is 9.96. The first kappa shape index (κ1) is 18.6. The maximum atomic E-state index is 5.47. The van der Waals surface area contributed by atoms with Gasteiger partial charge in [-0.1, -0.05) is 62.0 Å². The molecule has 0 spiro atoms. The first-order valence-corrected chi connectivity index (χ1v) is 9.69. The molecule has 0 N–H and O–H groups in total. The lowest BCUT2D eigenvalue weighted by Gasteiger charge is -2.12. The summed E-state index contributed by atoms with van der Waals surface area (Å²) in [4.78, 5) is 4.56. The number of benzene rings is 1. The molecular formula is C19H25N5OS. The molecule has 0 fully saturated rings. The van der Waals surface area contributed by atoms with Gasteiger partial charge in [-0.2, -0.15) is 4.98 Å². The van der Waals surface area contributed by atoms with E-state index in [1.807, 2.05) is 19.1 Å². The highest BCUT2D eigenvalue weighted by molar-refractivity contribution is 7.99. The Balaban J connectivity index is 1.87. The van der Waals surface area contributed by atoms with E-state index in [9.17, 15) is 0 Å². The molecule has 0 aliphatic heterocycles. The van der Waals surface area contributed by atoms with E-state index < -0.39 is 0 Å². The monoisotopic (exact) mass is 371 g/mol. The summed E-state index contributed by atoms with van der Waals surface area (Å²) in [7, 11) is 0. The Morgan fingerprint density at radius 3 is 2.54 bits per heavy atom. The summed E-state index contributed by atoms with van der Waals surface area (Å²) in [6.45, 7) is 13.2. The molecule has 0 radical (unpaired) electrons. The summed E-state index contributed by atoms with van der Waals surface area (Å²) in [6.07, 6.45) is 0. The highest BCUT2D eigenvalue weighted by atomic mass is 32.2. The second kappa shape index (κ2) is 7.23. The van der Waals surface area contributed by atoms with Crippen molar-refractivity contribution < 1.29 is 4.52 Å². The largest absolute Gasteiger partial charge is 0.338 e. The van der Waals surface area contributed by atoms with Crippen LogP contribution in [0, 0.1) is 6.92 Å². The van der Waals surface area contributed by atoms with Crippen LogP contribution in [0.4, 0.5) is 0 Å². The van der Waals surface area contributed by atoms with Crippen LogP contribution in [-0.2, 0) is 12.0 Å². The van der Waals surface area contributed by atoms with Gasteiger partial charge in [-0.25, -0.2) is 0 Å². The fourth-order valence-corrected chi connectivity index (χ4v) is 3.54. The smallest absolute Gasteiger partial charge is 0.239 e. The third kappa shape index (κ3) is 3.67. The highest BCUT2D eigenvalue weighted by Gasteiger charge is 2.25. The minimum absolute atomic E-state index is 0.00202. The molecule has 2 aromatic heterocycles. The molecule has 0 amide bonds. The minimum Gasteiger partial charge on any atom is -0.338 e. The molecule has 6 nitrogen and oxygen atoms in total. The van der Waals surface area contributed by atoms with Crippen LogP contribution < -0.4 is 0 Å². The second-order valence-electron chi connectivity index (χ2n) is 7.33. The third-order valence-electron chi connectivity index (χ3n) is 4.16. The lowest BCUT2D eigenvalue weighted by Crippen LogP contribution is -2.13. The molecule has 1 aromatic carbocycles. The molecular weight excluding hydrogens is 346 g/mol. The SMILES string of the molecule is CCn1c(S[C@@H](C)c2nc(C(C)(C)C)no2)nnc1-c1ccccc1C. The molecule has 7 heteroatoms. The van der Waals surface area contributed by atoms with Crippen LogP contribution in [-0.4, -0.2) is 24.9 Å². The fraction of sp³-hybridized carbons (Fsp3) is 0.474. The predicted molar refractivity (Wildman–Crippen MR) is 103 cm³/mol. The standard InChI is InChI=1S/C19H25N5OS/c1-7-24-15(14-11-9-8-10-12(14)2)21-22-18(24)26-13(3)16-20-17(23-25-16)19(4,5)6/h8-11,13H,7H2,1-6H3/t13-/m0/s1. The maximum Gasteiger partial charge on any atom is 0.239 e. The van der Waals surface area contributed by atoms with Gasteiger partial charge < -0.3 is 9.09 Å². The number of thioether (sulfide) groups is 1. The first-order valence-electron chi connectivity index (χ1n) is 8.81. The number of nitrogens with zero attached hydrogens (tertiary/aromatic N) is 5. The Kier molecular flexibility index (Phi) is 5.18. The van der Waals surface area contributed by atoms with E-state index >= 15 is 0 Å². The van der Waals surface area contributed by atoms with Crippen molar-refractivity contribution in [2.45, 2.75) is 63.9 Å². The van der Waals surface area contributed by atoms with Gasteiger partial charge in [0, 0.05) is 17.5 Å². The maximum absolute atomic E-state index is 5.47. The molecule has 0 unspecified atom stereocenters. The summed E-state index contributed by atoms with van der Waals surface area (Å²) >= 11 is 1.59. The van der Waals surface area contributed by atoms with Gasteiger partial charge in [0.05, 0.1) is 5.25 Å². The molecule has 3 aromatic rings. The van der Waals surface area contributed by atoms with Crippen molar-refractivity contribution in [3.05, 3.63) is 41.5 Å². The molecule has 2 heterocycles. The number of aryl methyl sites for hydroxylation is 1. The zero-order valence-electron chi connectivity index (χ0n) is 16.1. The predicted octanol–water partition coefficient (Wildman–Crippen LogP) is 4.81. The Morgan fingerprint density at radius 1 is 1.19 bits per heavy atom. The number of aromatic nitrogens is 5. The normalized spacial score (nSPS) is 13.2. The second-order valence-corrected chi connectivity index (χ2v) is 8.64. The van der Waals surface area contributed by atoms with Gasteiger partial charge in [0.25, 0.3) is 0 Å². The van der Waals surface area contributed by atoms with Gasteiger partial charge >= 0.3 is 0 Å². The van der Waals surface area contributed by atoms with E-state index in [2.05, 4.69) is 71.7 Å². The summed E-state index contributed by atoms with van der Waals surface area (Å²) in [5.41, 5.74) is 2.16. The van der Waals surface area contributed by atoms with Gasteiger partial charge in [0.2, 0.25) is 5.89 Å². The van der Waals surface area contributed by atoms with Crippen LogP contribution in [0.2, 0.25) is 0 Å². The van der Waals surface area contributed by atoms with E-state index in [1.54, 1.807) is 11.8 Å². The van der Waals surface area contributed by atoms with E-state index in [-0.39, 0.29) is 10.7 Å². The zero-order valence-corrected chi connectivity index (χ0v) is 17.0. The van der Waals surface area contributed by atoms with Gasteiger partial charge in [0.1, 0.15) is 0 Å². The molecule has 0 aliphatic carbocycles. The van der Waals surface area contributed by atoms with Gasteiger partial charge in [-0.05, 0) is 26.3 Å². The van der Waals surface area contributed by atoms with Gasteiger partial charge in [-0.3, -0.25) is 0 Å². The number of hydrogen-bond donors (Lipinski definition) is 0. The van der Waals surface area contributed by atoms with Crippen molar-refractivity contribution in [1.82, 2.24) is 24.9 Å². The van der Waals surface area contributed by atoms with Crippen molar-refractivity contribution in [3.8, 4) is 11.4 Å². The Bertz CT molecular complexity index is 893. The van der Waals surface area contributed by atoms with Gasteiger partial charge in [0.15, 0.2) is 16.8 Å². The van der Waals surface area contributed by atoms with Crippen molar-refractivity contribution >= 4 is 11.8 Å². The summed E-state index contributed by atoms with van der Waals surface area (Å²) in [5, 5.41) is 13.8. The summed E-state index contributed by atoms with van der Waals surface area (Å²) in [5.74, 6) is 2.22. The number of rotatable bonds is 5. The van der Waals surface area contributed by atoms with Crippen molar-refractivity contribution in [2.24, 2.45) is 0 Å². The van der Waals surface area contributed by atoms with Crippen LogP contribution >= 0.6 is 11.8 Å². The molecule has 0 saturated heterocycles. The minimum atomic E-state index is -0.131. The van der Waals surface area contributed by atoms with Gasteiger partial charge in [-0.15, -0.1) is 10.2 Å². The van der Waals surface area contributed by atoms with E-state index in [1.165, 1.54) is 5.56 Å². The van der Waals surface area contributed by atoms with Crippen molar-refractivity contribution in [3.63, 3.8) is 0 Å². The summed E-state index contributed by atoms with van der Waals surface area (Å²) < 4.78 is 7.60. The topological polar surface area (TPSA) is 69.6 Å². The Hall–Kier alpha value is -2.15. The molecule has 0 aliphatic rings. The average Bonchev–Trinajstić information content (AvgIpc) is 3.22. The lowest BCUT2D eigenvalue weighted by molar-refractivity contribution is 0.364. The van der Waals surface area contributed by atoms with Crippen LogP contribution in [0.15, 0.2) is 33.9 Å². The van der Waals surface area contributed by atoms with Crippen LogP contribution in [0.5, 0.6) is 0 Å². The first-order chi connectivity index (χ1) is 12.3. The molecule has 0 saturated carbocycles. The quantitative estimate of drug-likeness (QED) is 0.600. The van der Waals surface area contributed by atoms with Crippen molar-refractivity contribution in [2.75, 3.05) is 0 Å². The van der Waals surface area contributed by atoms with Crippen LogP contribution in [0.1, 0.15) is 57.1 Å². The fourth-order valence-electron chi connectivity index (χ4n) is 2.60. The average molecular weight is 372 g/mol. The molecule has 0 bridgehead atoms. The third-order valence-corrected chi connectivity index (χ3v) is 5.23.